The first-order chi connectivity index (χ1) is 12.8. The Hall–Kier alpha value is -1.77. The highest BCUT2D eigenvalue weighted by Crippen LogP contribution is 2.29. The Kier molecular flexibility index (Phi) is 6.29. The maximum atomic E-state index is 12.3. The number of piperazine rings is 1. The van der Waals surface area contributed by atoms with Crippen LogP contribution in [0.1, 0.15) is 36.5 Å². The van der Waals surface area contributed by atoms with Gasteiger partial charge in [0.25, 0.3) is 0 Å². The number of ketones is 1. The van der Waals surface area contributed by atoms with E-state index in [0.717, 1.165) is 25.6 Å². The van der Waals surface area contributed by atoms with Crippen molar-refractivity contribution in [3.05, 3.63) is 29.8 Å². The van der Waals surface area contributed by atoms with E-state index in [-0.39, 0.29) is 29.6 Å². The summed E-state index contributed by atoms with van der Waals surface area (Å²) < 4.78 is 27.1. The van der Waals surface area contributed by atoms with Crippen LogP contribution in [0.2, 0.25) is 0 Å². The second-order valence-corrected chi connectivity index (χ2v) is 9.12. The maximum absolute atomic E-state index is 12.3. The minimum Gasteiger partial charge on any atom is -0.340 e. The van der Waals surface area contributed by atoms with E-state index in [1.165, 1.54) is 44.0 Å². The molecule has 1 saturated heterocycles. The lowest BCUT2D eigenvalue weighted by atomic mass is 10.2. The number of hydrogen-bond donors (Lipinski definition) is 1. The van der Waals surface area contributed by atoms with Gasteiger partial charge in [0, 0.05) is 51.3 Å². The fraction of sp³-hybridized carbons (Fsp3) is 0.579. The molecule has 1 N–H and O–H groups in total. The summed E-state index contributed by atoms with van der Waals surface area (Å²) in [5.74, 6) is 0.719. The van der Waals surface area contributed by atoms with Crippen molar-refractivity contribution in [2.24, 2.45) is 5.92 Å². The van der Waals surface area contributed by atoms with Gasteiger partial charge >= 0.3 is 0 Å². The predicted molar refractivity (Wildman–Crippen MR) is 102 cm³/mol. The van der Waals surface area contributed by atoms with Crippen LogP contribution in [0.25, 0.3) is 0 Å². The fourth-order valence-corrected chi connectivity index (χ4v) is 4.28. The fourth-order valence-electron chi connectivity index (χ4n) is 3.25. The van der Waals surface area contributed by atoms with Crippen LogP contribution >= 0.6 is 0 Å². The molecule has 0 atom stereocenters. The Morgan fingerprint density at radius 1 is 1.07 bits per heavy atom. The van der Waals surface area contributed by atoms with Crippen LogP contribution in [0.15, 0.2) is 29.2 Å². The van der Waals surface area contributed by atoms with Crippen LogP contribution in [-0.4, -0.2) is 69.2 Å². The Labute approximate surface area is 160 Å². The molecule has 2 aliphatic rings. The van der Waals surface area contributed by atoms with Gasteiger partial charge in [0.1, 0.15) is 0 Å². The molecule has 0 bridgehead atoms. The summed E-state index contributed by atoms with van der Waals surface area (Å²) in [6, 6.07) is 5.78. The lowest BCUT2D eigenvalue weighted by molar-refractivity contribution is -0.132. The van der Waals surface area contributed by atoms with Gasteiger partial charge in [0.05, 0.1) is 4.90 Å². The maximum Gasteiger partial charge on any atom is 0.240 e. The summed E-state index contributed by atoms with van der Waals surface area (Å²) in [4.78, 5) is 27.9. The monoisotopic (exact) mass is 393 g/mol. The zero-order chi connectivity index (χ0) is 19.4. The molecular weight excluding hydrogens is 366 g/mol. The number of Topliss-reactive ketones (excluding diaryl/α,β-unsaturated/α-hetero) is 1. The van der Waals surface area contributed by atoms with Crippen molar-refractivity contribution < 1.29 is 18.0 Å². The molecule has 0 spiro atoms. The van der Waals surface area contributed by atoms with Crippen LogP contribution in [0.4, 0.5) is 0 Å². The summed E-state index contributed by atoms with van der Waals surface area (Å²) >= 11 is 0. The predicted octanol–water partition coefficient (Wildman–Crippen LogP) is 1.11. The number of carbonyl (C=O) groups is 2. The zero-order valence-electron chi connectivity index (χ0n) is 15.7. The molecule has 3 rings (SSSR count). The highest BCUT2D eigenvalue weighted by Gasteiger charge is 2.27. The molecule has 148 valence electrons. The Morgan fingerprint density at radius 3 is 2.26 bits per heavy atom. The molecule has 0 radical (unpaired) electrons. The standard InChI is InChI=1S/C19H27N3O4S/c1-15(23)17-4-6-18(7-5-17)27(25,26)20-9-8-19(24)22-12-10-21(11-13-22)14-16-2-3-16/h4-7,16,20H,2-3,8-14H2,1H3. The van der Waals surface area contributed by atoms with Crippen molar-refractivity contribution in [1.29, 1.82) is 0 Å². The van der Waals surface area contributed by atoms with Crippen molar-refractivity contribution in [1.82, 2.24) is 14.5 Å². The Bertz CT molecular complexity index is 780. The van der Waals surface area contributed by atoms with Crippen molar-refractivity contribution in [2.45, 2.75) is 31.1 Å². The summed E-state index contributed by atoms with van der Waals surface area (Å²) in [7, 11) is -3.68. The van der Waals surface area contributed by atoms with E-state index in [9.17, 15) is 18.0 Å². The lowest BCUT2D eigenvalue weighted by Crippen LogP contribution is -2.49. The van der Waals surface area contributed by atoms with Gasteiger partial charge in [0.15, 0.2) is 5.78 Å². The van der Waals surface area contributed by atoms with Gasteiger partial charge in [0.2, 0.25) is 15.9 Å². The highest BCUT2D eigenvalue weighted by molar-refractivity contribution is 7.89. The number of hydrogen-bond acceptors (Lipinski definition) is 5. The first kappa shape index (κ1) is 20.0. The smallest absolute Gasteiger partial charge is 0.240 e. The quantitative estimate of drug-likeness (QED) is 0.669. The second-order valence-electron chi connectivity index (χ2n) is 7.35. The molecule has 0 unspecified atom stereocenters. The minimum absolute atomic E-state index is 0.0179. The molecular formula is C19H27N3O4S. The number of amides is 1. The van der Waals surface area contributed by atoms with Gasteiger partial charge in [-0.2, -0.15) is 0 Å². The van der Waals surface area contributed by atoms with Gasteiger partial charge in [-0.25, -0.2) is 13.1 Å². The largest absolute Gasteiger partial charge is 0.340 e. The number of nitrogens with zero attached hydrogens (tertiary/aromatic N) is 2. The summed E-state index contributed by atoms with van der Waals surface area (Å²) in [5, 5.41) is 0. The molecule has 1 heterocycles. The number of sulfonamides is 1. The van der Waals surface area contributed by atoms with E-state index in [0.29, 0.717) is 18.7 Å². The van der Waals surface area contributed by atoms with Crippen LogP contribution in [-0.2, 0) is 14.8 Å². The van der Waals surface area contributed by atoms with Crippen LogP contribution in [0.5, 0.6) is 0 Å². The van der Waals surface area contributed by atoms with E-state index in [4.69, 9.17) is 0 Å². The molecule has 1 amide bonds. The van der Waals surface area contributed by atoms with E-state index in [2.05, 4.69) is 9.62 Å². The highest BCUT2D eigenvalue weighted by atomic mass is 32.2. The molecule has 8 heteroatoms. The van der Waals surface area contributed by atoms with E-state index < -0.39 is 10.0 Å². The normalized spacial score (nSPS) is 18.5. The third-order valence-electron chi connectivity index (χ3n) is 5.14. The van der Waals surface area contributed by atoms with E-state index in [1.807, 2.05) is 4.90 Å². The summed E-state index contributed by atoms with van der Waals surface area (Å²) in [6.07, 6.45) is 2.81. The summed E-state index contributed by atoms with van der Waals surface area (Å²) in [5.41, 5.74) is 0.463. The Morgan fingerprint density at radius 2 is 1.70 bits per heavy atom. The average Bonchev–Trinajstić information content (AvgIpc) is 3.46. The zero-order valence-corrected chi connectivity index (χ0v) is 16.5. The van der Waals surface area contributed by atoms with Crippen molar-refractivity contribution in [3.8, 4) is 0 Å². The molecule has 0 aromatic heterocycles. The SMILES string of the molecule is CC(=O)c1ccc(S(=O)(=O)NCCC(=O)N2CCN(CC3CC3)CC2)cc1. The molecule has 1 saturated carbocycles. The molecule has 1 aliphatic carbocycles. The minimum atomic E-state index is -3.68. The second kappa shape index (κ2) is 8.50. The molecule has 7 nitrogen and oxygen atoms in total. The van der Waals surface area contributed by atoms with Gasteiger partial charge in [-0.15, -0.1) is 0 Å². The molecule has 2 fully saturated rings. The van der Waals surface area contributed by atoms with Gasteiger partial charge in [-0.05, 0) is 37.8 Å². The average molecular weight is 394 g/mol. The molecule has 1 aliphatic heterocycles. The Balaban J connectivity index is 1.42. The van der Waals surface area contributed by atoms with Crippen molar-refractivity contribution in [3.63, 3.8) is 0 Å². The van der Waals surface area contributed by atoms with Crippen LogP contribution < -0.4 is 4.72 Å². The third kappa shape index (κ3) is 5.60. The van der Waals surface area contributed by atoms with Crippen LogP contribution in [0, 0.1) is 5.92 Å². The first-order valence-electron chi connectivity index (χ1n) is 9.46. The topological polar surface area (TPSA) is 86.8 Å². The molecule has 1 aromatic carbocycles. The number of rotatable bonds is 8. The van der Waals surface area contributed by atoms with E-state index in [1.54, 1.807) is 0 Å². The van der Waals surface area contributed by atoms with Gasteiger partial charge in [-0.1, -0.05) is 12.1 Å². The van der Waals surface area contributed by atoms with Crippen molar-refractivity contribution >= 4 is 21.7 Å². The number of carbonyl (C=O) groups excluding carboxylic acids is 2. The van der Waals surface area contributed by atoms with Crippen LogP contribution in [0.3, 0.4) is 0 Å². The van der Waals surface area contributed by atoms with Crippen molar-refractivity contribution in [2.75, 3.05) is 39.3 Å². The third-order valence-corrected chi connectivity index (χ3v) is 6.62. The molecule has 27 heavy (non-hydrogen) atoms. The lowest BCUT2D eigenvalue weighted by Gasteiger charge is -2.34. The number of benzene rings is 1. The first-order valence-corrected chi connectivity index (χ1v) is 10.9. The van der Waals surface area contributed by atoms with Gasteiger partial charge < -0.3 is 4.90 Å². The molecule has 1 aromatic rings. The van der Waals surface area contributed by atoms with Gasteiger partial charge in [-0.3, -0.25) is 14.5 Å². The summed E-state index contributed by atoms with van der Waals surface area (Å²) in [6.45, 7) is 5.86. The van der Waals surface area contributed by atoms with E-state index >= 15 is 0 Å². The number of nitrogens with one attached hydrogen (secondary N) is 1.